The number of likely N-dealkylation sites (tertiary alicyclic amines) is 1. The Bertz CT molecular complexity index is 875. The van der Waals surface area contributed by atoms with Crippen molar-refractivity contribution in [2.24, 2.45) is 0 Å². The van der Waals surface area contributed by atoms with E-state index in [0.29, 0.717) is 50.6 Å². The Hall–Kier alpha value is -1.78. The van der Waals surface area contributed by atoms with E-state index >= 15 is 0 Å². The lowest BCUT2D eigenvalue weighted by atomic mass is 9.82. The largest absolute Gasteiger partial charge is 0.453 e. The van der Waals surface area contributed by atoms with Crippen molar-refractivity contribution in [3.63, 3.8) is 0 Å². The molecule has 0 spiro atoms. The van der Waals surface area contributed by atoms with E-state index in [-0.39, 0.29) is 18.6 Å². The van der Waals surface area contributed by atoms with Gasteiger partial charge in [0.15, 0.2) is 0 Å². The number of ether oxygens (including phenoxy) is 2. The van der Waals surface area contributed by atoms with Crippen LogP contribution in [0.2, 0.25) is 0 Å². The molecule has 1 N–H and O–H groups in total. The summed E-state index contributed by atoms with van der Waals surface area (Å²) in [6.45, 7) is 0.639. The molecule has 2 fully saturated rings. The van der Waals surface area contributed by atoms with E-state index in [9.17, 15) is 22.0 Å². The van der Waals surface area contributed by atoms with Gasteiger partial charge >= 0.3 is 6.09 Å². The fourth-order valence-electron chi connectivity index (χ4n) is 4.62. The van der Waals surface area contributed by atoms with Crippen molar-refractivity contribution in [1.29, 1.82) is 0 Å². The number of nitrogens with zero attached hydrogens (tertiary/aromatic N) is 1. The van der Waals surface area contributed by atoms with E-state index in [1.807, 2.05) is 0 Å². The lowest BCUT2D eigenvalue weighted by Gasteiger charge is -2.41. The molecule has 1 saturated heterocycles. The minimum absolute atomic E-state index is 0.0588. The van der Waals surface area contributed by atoms with Crippen LogP contribution in [0.3, 0.4) is 0 Å². The number of hydrogen-bond acceptors (Lipinski definition) is 5. The highest BCUT2D eigenvalue weighted by Gasteiger charge is 2.37. The van der Waals surface area contributed by atoms with Crippen LogP contribution in [-0.2, 0) is 19.5 Å². The van der Waals surface area contributed by atoms with Gasteiger partial charge in [-0.1, -0.05) is 0 Å². The fraction of sp³-hybridized carbons (Fsp3) is 0.667. The first kappa shape index (κ1) is 23.9. The van der Waals surface area contributed by atoms with Crippen LogP contribution in [-0.4, -0.2) is 64.1 Å². The zero-order chi connectivity index (χ0) is 22.6. The van der Waals surface area contributed by atoms with E-state index in [4.69, 9.17) is 9.47 Å². The molecule has 0 unspecified atom stereocenters. The van der Waals surface area contributed by atoms with Gasteiger partial charge in [-0.15, -0.1) is 0 Å². The van der Waals surface area contributed by atoms with E-state index in [2.05, 4.69) is 4.72 Å². The standard InChI is InChI=1S/C21H30F2N2O5S/c1-29-21(26)25-11-3-4-19(24-31(2,27)28)20(25)13-30-16-8-5-14(6-9-16)17-12-15(22)7-10-18(17)23/h7,10,12,14,16,19-20,24H,3-6,8-9,11,13H2,1-2H3/t14-,16+,19-,20-/m0/s1. The number of sulfonamides is 1. The monoisotopic (exact) mass is 460 g/mol. The number of carbonyl (C=O) groups excluding carboxylic acids is 1. The Morgan fingerprint density at radius 1 is 1.19 bits per heavy atom. The van der Waals surface area contributed by atoms with E-state index < -0.39 is 39.8 Å². The topological polar surface area (TPSA) is 84.9 Å². The number of methoxy groups -OCH3 is 1. The quantitative estimate of drug-likeness (QED) is 0.705. The summed E-state index contributed by atoms with van der Waals surface area (Å²) in [6, 6.07) is 2.60. The van der Waals surface area contributed by atoms with E-state index in [0.717, 1.165) is 18.4 Å². The van der Waals surface area contributed by atoms with Gasteiger partial charge < -0.3 is 14.4 Å². The second-order valence-electron chi connectivity index (χ2n) is 8.34. The summed E-state index contributed by atoms with van der Waals surface area (Å²) in [5.74, 6) is -0.896. The third kappa shape index (κ3) is 6.36. The molecule has 2 aliphatic rings. The first-order valence-electron chi connectivity index (χ1n) is 10.6. The van der Waals surface area contributed by atoms with Crippen LogP contribution in [0.15, 0.2) is 18.2 Å². The number of piperidine rings is 1. The van der Waals surface area contributed by atoms with Gasteiger partial charge in [0.1, 0.15) is 11.6 Å². The van der Waals surface area contributed by atoms with Crippen molar-refractivity contribution in [2.45, 2.75) is 62.6 Å². The maximum atomic E-state index is 14.1. The van der Waals surface area contributed by atoms with Crippen LogP contribution in [0.25, 0.3) is 0 Å². The molecule has 0 bridgehead atoms. The number of benzene rings is 1. The molecule has 0 radical (unpaired) electrons. The van der Waals surface area contributed by atoms with Gasteiger partial charge in [-0.05, 0) is 68.2 Å². The third-order valence-electron chi connectivity index (χ3n) is 6.13. The highest BCUT2D eigenvalue weighted by Crippen LogP contribution is 2.36. The van der Waals surface area contributed by atoms with Crippen molar-refractivity contribution in [3.05, 3.63) is 35.4 Å². The summed E-state index contributed by atoms with van der Waals surface area (Å²) in [6.07, 6.45) is 4.43. The first-order chi connectivity index (χ1) is 14.7. The summed E-state index contributed by atoms with van der Waals surface area (Å²) in [5.41, 5.74) is 0.403. The lowest BCUT2D eigenvalue weighted by Crippen LogP contribution is -2.59. The SMILES string of the molecule is COC(=O)N1CCC[C@H](NS(C)(=O)=O)[C@@H]1CO[C@H]1CC[C@@H](c2cc(F)ccc2F)CC1. The Balaban J connectivity index is 1.61. The van der Waals surface area contributed by atoms with Crippen LogP contribution in [0.1, 0.15) is 50.0 Å². The van der Waals surface area contributed by atoms with Crippen molar-refractivity contribution >= 4 is 16.1 Å². The molecule has 1 aliphatic carbocycles. The predicted octanol–water partition coefficient (Wildman–Crippen LogP) is 3.16. The zero-order valence-corrected chi connectivity index (χ0v) is 18.7. The highest BCUT2D eigenvalue weighted by molar-refractivity contribution is 7.88. The highest BCUT2D eigenvalue weighted by atomic mass is 32.2. The third-order valence-corrected chi connectivity index (χ3v) is 6.86. The minimum atomic E-state index is -3.45. The number of hydrogen-bond donors (Lipinski definition) is 1. The number of rotatable bonds is 6. The first-order valence-corrected chi connectivity index (χ1v) is 12.5. The molecule has 0 aromatic heterocycles. The Labute approximate surface area is 182 Å². The zero-order valence-electron chi connectivity index (χ0n) is 17.9. The Kier molecular flexibility index (Phi) is 7.87. The Morgan fingerprint density at radius 2 is 1.90 bits per heavy atom. The van der Waals surface area contributed by atoms with Crippen LogP contribution >= 0.6 is 0 Å². The summed E-state index contributed by atoms with van der Waals surface area (Å²) >= 11 is 0. The van der Waals surface area contributed by atoms with Crippen LogP contribution in [0.5, 0.6) is 0 Å². The molecule has 1 heterocycles. The molecule has 1 aliphatic heterocycles. The second kappa shape index (κ2) is 10.2. The maximum absolute atomic E-state index is 14.1. The molecule has 3 rings (SSSR count). The minimum Gasteiger partial charge on any atom is -0.453 e. The predicted molar refractivity (Wildman–Crippen MR) is 111 cm³/mol. The second-order valence-corrected chi connectivity index (χ2v) is 10.1. The number of carbonyl (C=O) groups is 1. The molecule has 7 nitrogen and oxygen atoms in total. The molecule has 31 heavy (non-hydrogen) atoms. The molecule has 174 valence electrons. The maximum Gasteiger partial charge on any atom is 0.409 e. The molecule has 1 aromatic carbocycles. The van der Waals surface area contributed by atoms with Gasteiger partial charge in [0.25, 0.3) is 0 Å². The van der Waals surface area contributed by atoms with Gasteiger partial charge in [-0.25, -0.2) is 26.7 Å². The molecule has 1 saturated carbocycles. The van der Waals surface area contributed by atoms with Crippen molar-refractivity contribution < 1.29 is 31.5 Å². The lowest BCUT2D eigenvalue weighted by molar-refractivity contribution is -0.0246. The van der Waals surface area contributed by atoms with Crippen LogP contribution in [0.4, 0.5) is 13.6 Å². The Morgan fingerprint density at radius 3 is 2.55 bits per heavy atom. The number of nitrogens with one attached hydrogen (secondary N) is 1. The van der Waals surface area contributed by atoms with Crippen LogP contribution in [0, 0.1) is 11.6 Å². The molecule has 2 atom stereocenters. The fourth-order valence-corrected chi connectivity index (χ4v) is 5.45. The average molecular weight is 461 g/mol. The van der Waals surface area contributed by atoms with Gasteiger partial charge in [0.2, 0.25) is 10.0 Å². The summed E-state index contributed by atoms with van der Waals surface area (Å²) in [4.78, 5) is 13.7. The molecule has 1 amide bonds. The van der Waals surface area contributed by atoms with Crippen LogP contribution < -0.4 is 4.72 Å². The normalized spacial score (nSPS) is 27.2. The molecular weight excluding hydrogens is 430 g/mol. The number of halogens is 2. The summed E-state index contributed by atoms with van der Waals surface area (Å²) in [7, 11) is -2.16. The molecule has 10 heteroatoms. The smallest absolute Gasteiger partial charge is 0.409 e. The van der Waals surface area contributed by atoms with Crippen molar-refractivity contribution in [2.75, 3.05) is 26.5 Å². The summed E-state index contributed by atoms with van der Waals surface area (Å²) in [5, 5.41) is 0. The van der Waals surface area contributed by atoms with Gasteiger partial charge in [0, 0.05) is 12.6 Å². The number of amides is 1. The van der Waals surface area contributed by atoms with E-state index in [1.165, 1.54) is 18.1 Å². The molecular formula is C21H30F2N2O5S. The summed E-state index contributed by atoms with van der Waals surface area (Å²) < 4.78 is 64.7. The van der Waals surface area contributed by atoms with E-state index in [1.54, 1.807) is 0 Å². The van der Waals surface area contributed by atoms with Crippen molar-refractivity contribution in [1.82, 2.24) is 9.62 Å². The molecule has 1 aromatic rings. The van der Waals surface area contributed by atoms with Gasteiger partial charge in [-0.2, -0.15) is 0 Å². The van der Waals surface area contributed by atoms with Gasteiger partial charge in [0.05, 0.1) is 32.1 Å². The average Bonchev–Trinajstić information content (AvgIpc) is 2.73. The van der Waals surface area contributed by atoms with Crippen molar-refractivity contribution in [3.8, 4) is 0 Å². The van der Waals surface area contributed by atoms with Gasteiger partial charge in [-0.3, -0.25) is 0 Å².